The van der Waals surface area contributed by atoms with Gasteiger partial charge in [-0.25, -0.2) is 4.79 Å². The zero-order valence-electron chi connectivity index (χ0n) is 22.8. The third-order valence-corrected chi connectivity index (χ3v) is 9.28. The molecule has 2 saturated heterocycles. The van der Waals surface area contributed by atoms with Crippen LogP contribution in [0, 0.1) is 0 Å². The Labute approximate surface area is 250 Å². The minimum atomic E-state index is -1.61. The van der Waals surface area contributed by atoms with E-state index in [1.165, 1.54) is 0 Å². The molecule has 0 unspecified atom stereocenters. The van der Waals surface area contributed by atoms with Gasteiger partial charge in [0.05, 0.1) is 13.2 Å². The lowest BCUT2D eigenvalue weighted by atomic mass is 10.0. The number of carbonyl (C=O) groups excluding carboxylic acids is 2. The SMILES string of the molecule is NCCCC[C@@H](C(=O)O)N(C(=O)CCS[C@H]1O[C@H](CO)[C@@H](O)[C@H](O)[C@@H]1O)C(=O)CCS[C@H]1O[C@H](CO)[C@@H](O)[C@H](O)[C@@H]1O. The van der Waals surface area contributed by atoms with Crippen molar-refractivity contribution in [1.82, 2.24) is 4.90 Å². The molecule has 42 heavy (non-hydrogen) atoms. The zero-order chi connectivity index (χ0) is 31.6. The van der Waals surface area contributed by atoms with Gasteiger partial charge in [0.2, 0.25) is 11.8 Å². The summed E-state index contributed by atoms with van der Waals surface area (Å²) in [6, 6.07) is -1.49. The van der Waals surface area contributed by atoms with Crippen molar-refractivity contribution in [2.24, 2.45) is 5.73 Å². The van der Waals surface area contributed by atoms with Gasteiger partial charge in [0.15, 0.2) is 0 Å². The van der Waals surface area contributed by atoms with Crippen LogP contribution in [0.2, 0.25) is 0 Å². The highest BCUT2D eigenvalue weighted by Crippen LogP contribution is 2.30. The fourth-order valence-corrected chi connectivity index (χ4v) is 6.72. The number of unbranched alkanes of at least 4 members (excludes halogenated alkanes) is 1. The molecule has 18 heteroatoms. The Bertz CT molecular complexity index is 817. The molecule has 2 heterocycles. The number of aliphatic carboxylic acids is 1. The standard InChI is InChI=1S/C24H42N2O14S2/c25-6-2-1-3-11(22(37)38)26(14(29)4-7-41-23-20(35)18(33)16(31)12(9-27)39-23)15(30)5-8-42-24-21(36)19(34)17(32)13(10-28)40-24/h11-13,16-21,23-24,27-28,31-36H,1-10,25H2,(H,37,38)/t11-,12+,13+,16+,17+,18-,19-,20-,21-,23+,24+/m0/s1. The van der Waals surface area contributed by atoms with E-state index < -0.39 is 96.7 Å². The smallest absolute Gasteiger partial charge is 0.326 e. The van der Waals surface area contributed by atoms with E-state index in [1.807, 2.05) is 0 Å². The lowest BCUT2D eigenvalue weighted by Crippen LogP contribution is -2.57. The van der Waals surface area contributed by atoms with Crippen LogP contribution in [-0.2, 0) is 23.9 Å². The Morgan fingerprint density at radius 1 is 0.714 bits per heavy atom. The number of imide groups is 1. The predicted molar refractivity (Wildman–Crippen MR) is 148 cm³/mol. The number of nitrogens with zero attached hydrogens (tertiary/aromatic N) is 1. The molecule has 0 saturated carbocycles. The van der Waals surface area contributed by atoms with Gasteiger partial charge in [-0.15, -0.1) is 23.5 Å². The van der Waals surface area contributed by atoms with E-state index in [1.54, 1.807) is 0 Å². The molecule has 244 valence electrons. The van der Waals surface area contributed by atoms with Crippen LogP contribution in [0.3, 0.4) is 0 Å². The number of thioether (sulfide) groups is 2. The fourth-order valence-electron chi connectivity index (χ4n) is 4.51. The average molecular weight is 647 g/mol. The largest absolute Gasteiger partial charge is 0.480 e. The monoisotopic (exact) mass is 646 g/mol. The number of aliphatic hydroxyl groups is 8. The van der Waals surface area contributed by atoms with Crippen LogP contribution < -0.4 is 5.73 Å². The van der Waals surface area contributed by atoms with Crippen LogP contribution in [0.25, 0.3) is 0 Å². The number of hydrogen-bond acceptors (Lipinski definition) is 16. The van der Waals surface area contributed by atoms with Crippen LogP contribution in [-0.4, -0.2) is 166 Å². The summed E-state index contributed by atoms with van der Waals surface area (Å²) in [4.78, 5) is 39.2. The van der Waals surface area contributed by atoms with Gasteiger partial charge in [0, 0.05) is 24.3 Å². The Hall–Kier alpha value is -1.13. The van der Waals surface area contributed by atoms with Crippen molar-refractivity contribution in [2.75, 3.05) is 31.3 Å². The molecule has 2 amide bonds. The van der Waals surface area contributed by atoms with Crippen molar-refractivity contribution in [1.29, 1.82) is 0 Å². The summed E-state index contributed by atoms with van der Waals surface area (Å²) >= 11 is 1.76. The summed E-state index contributed by atoms with van der Waals surface area (Å²) in [5, 5.41) is 88.7. The molecule has 16 nitrogen and oxygen atoms in total. The van der Waals surface area contributed by atoms with Gasteiger partial charge in [-0.05, 0) is 25.8 Å². The van der Waals surface area contributed by atoms with Gasteiger partial charge < -0.3 is 61.2 Å². The van der Waals surface area contributed by atoms with Crippen LogP contribution in [0.5, 0.6) is 0 Å². The van der Waals surface area contributed by atoms with Crippen molar-refractivity contribution in [2.45, 2.75) is 97.8 Å². The molecule has 11 atom stereocenters. The summed E-state index contributed by atoms with van der Waals surface area (Å²) in [6.07, 6.45) is -11.7. The minimum Gasteiger partial charge on any atom is -0.480 e. The highest BCUT2D eigenvalue weighted by atomic mass is 32.2. The molecular formula is C24H42N2O14S2. The van der Waals surface area contributed by atoms with Crippen LogP contribution in [0.1, 0.15) is 32.1 Å². The van der Waals surface area contributed by atoms with Gasteiger partial charge in [0.1, 0.15) is 65.7 Å². The second kappa shape index (κ2) is 18.0. The number of ether oxygens (including phenoxy) is 2. The number of carboxylic acid groups (broad SMARTS) is 1. The van der Waals surface area contributed by atoms with Gasteiger partial charge in [0.25, 0.3) is 0 Å². The van der Waals surface area contributed by atoms with Gasteiger partial charge in [-0.2, -0.15) is 0 Å². The lowest BCUT2D eigenvalue weighted by molar-refractivity contribution is -0.205. The first-order valence-electron chi connectivity index (χ1n) is 13.5. The first-order valence-corrected chi connectivity index (χ1v) is 15.6. The third-order valence-electron chi connectivity index (χ3n) is 6.96. The van der Waals surface area contributed by atoms with E-state index in [9.17, 15) is 60.3 Å². The topological polar surface area (TPSA) is 281 Å². The number of carboxylic acids is 1. The summed E-state index contributed by atoms with van der Waals surface area (Å²) in [6.45, 7) is -0.986. The Kier molecular flexibility index (Phi) is 15.9. The molecule has 0 aromatic carbocycles. The van der Waals surface area contributed by atoms with E-state index in [0.717, 1.165) is 23.5 Å². The molecule has 11 N–H and O–H groups in total. The van der Waals surface area contributed by atoms with E-state index in [0.29, 0.717) is 17.7 Å². The molecule has 2 aliphatic rings. The molecule has 2 fully saturated rings. The number of hydrogen-bond donors (Lipinski definition) is 10. The first kappa shape index (κ1) is 37.1. The van der Waals surface area contributed by atoms with E-state index in [2.05, 4.69) is 0 Å². The Balaban J connectivity index is 2.07. The fraction of sp³-hybridized carbons (Fsp3) is 0.875. The predicted octanol–water partition coefficient (Wildman–Crippen LogP) is -4.23. The van der Waals surface area contributed by atoms with Gasteiger partial charge >= 0.3 is 5.97 Å². The summed E-state index contributed by atoms with van der Waals surface area (Å²) < 4.78 is 10.8. The van der Waals surface area contributed by atoms with Crippen molar-refractivity contribution in [3.63, 3.8) is 0 Å². The molecule has 0 radical (unpaired) electrons. The quantitative estimate of drug-likeness (QED) is 0.0711. The Morgan fingerprint density at radius 3 is 1.50 bits per heavy atom. The third kappa shape index (κ3) is 9.68. The van der Waals surface area contributed by atoms with Crippen LogP contribution in [0.15, 0.2) is 0 Å². The van der Waals surface area contributed by atoms with E-state index >= 15 is 0 Å². The first-order chi connectivity index (χ1) is 19.9. The number of carbonyl (C=O) groups is 3. The molecule has 2 rings (SSSR count). The molecule has 2 aliphatic heterocycles. The van der Waals surface area contributed by atoms with E-state index in [-0.39, 0.29) is 37.3 Å². The number of aliphatic hydroxyl groups excluding tert-OH is 8. The normalized spacial score (nSPS) is 34.1. The number of amides is 2. The van der Waals surface area contributed by atoms with Gasteiger partial charge in [-0.3, -0.25) is 14.5 Å². The van der Waals surface area contributed by atoms with Crippen molar-refractivity contribution in [3.8, 4) is 0 Å². The molecule has 0 spiro atoms. The maximum Gasteiger partial charge on any atom is 0.326 e. The second-order valence-corrected chi connectivity index (χ2v) is 12.3. The van der Waals surface area contributed by atoms with Crippen molar-refractivity contribution in [3.05, 3.63) is 0 Å². The lowest BCUT2D eigenvalue weighted by Gasteiger charge is -2.39. The van der Waals surface area contributed by atoms with Crippen molar-refractivity contribution < 1.29 is 69.8 Å². The molecular weight excluding hydrogens is 604 g/mol. The summed E-state index contributed by atoms with van der Waals surface area (Å²) in [5.74, 6) is -3.19. The van der Waals surface area contributed by atoms with E-state index in [4.69, 9.17) is 15.2 Å². The average Bonchev–Trinajstić information content (AvgIpc) is 2.96. The van der Waals surface area contributed by atoms with Gasteiger partial charge in [-0.1, -0.05) is 0 Å². The maximum absolute atomic E-state index is 13.2. The zero-order valence-corrected chi connectivity index (χ0v) is 24.5. The summed E-state index contributed by atoms with van der Waals surface area (Å²) in [7, 11) is 0. The molecule has 0 aromatic rings. The van der Waals surface area contributed by atoms with Crippen LogP contribution in [0.4, 0.5) is 0 Å². The van der Waals surface area contributed by atoms with Crippen molar-refractivity contribution >= 4 is 41.3 Å². The van der Waals surface area contributed by atoms with Crippen LogP contribution >= 0.6 is 23.5 Å². The number of rotatable bonds is 16. The molecule has 0 aromatic heterocycles. The second-order valence-electron chi connectivity index (χ2n) is 9.93. The highest BCUT2D eigenvalue weighted by molar-refractivity contribution is 8.00. The maximum atomic E-state index is 13.2. The minimum absolute atomic E-state index is 0.0519. The highest BCUT2D eigenvalue weighted by Gasteiger charge is 2.45. The molecule has 0 aliphatic carbocycles. The summed E-state index contributed by atoms with van der Waals surface area (Å²) in [5.41, 5.74) is 3.26. The molecule has 0 bridgehead atoms. The number of nitrogens with two attached hydrogens (primary N) is 1. The Morgan fingerprint density at radius 2 is 1.14 bits per heavy atom.